The fraction of sp³-hybridized carbons (Fsp3) is 0.417. The smallest absolute Gasteiger partial charge is 0.257 e. The molecule has 1 heterocycles. The lowest BCUT2D eigenvalue weighted by atomic mass is 10.1. The Morgan fingerprint density at radius 1 is 1.59 bits per heavy atom. The van der Waals surface area contributed by atoms with E-state index in [0.29, 0.717) is 12.1 Å². The highest BCUT2D eigenvalue weighted by molar-refractivity contribution is 14.1. The molecule has 0 saturated carbocycles. The molecule has 1 aliphatic rings. The largest absolute Gasteiger partial charge is 0.507 e. The van der Waals surface area contributed by atoms with Crippen LogP contribution in [0.1, 0.15) is 23.2 Å². The number of amides is 1. The highest BCUT2D eigenvalue weighted by Crippen LogP contribution is 2.25. The first-order valence-electron chi connectivity index (χ1n) is 5.63. The number of hydrogen-bond donors (Lipinski definition) is 2. The van der Waals surface area contributed by atoms with Gasteiger partial charge in [-0.2, -0.15) is 0 Å². The van der Waals surface area contributed by atoms with Gasteiger partial charge < -0.3 is 15.7 Å². The second-order valence-corrected chi connectivity index (χ2v) is 5.44. The van der Waals surface area contributed by atoms with Gasteiger partial charge in [0.05, 0.1) is 5.56 Å². The molecule has 1 aromatic carbocycles. The van der Waals surface area contributed by atoms with Gasteiger partial charge in [-0.3, -0.25) is 4.79 Å². The zero-order chi connectivity index (χ0) is 12.4. The highest BCUT2D eigenvalue weighted by Gasteiger charge is 2.29. The standard InChI is InChI=1S/C12H15IN2O2/c13-8-3-4-11(16)10(6-8)12(17)15-5-1-2-9(15)7-14/h3-4,6,9,16H,1-2,5,7,14H2. The topological polar surface area (TPSA) is 66.6 Å². The number of carbonyl (C=O) groups is 1. The fourth-order valence-corrected chi connectivity index (χ4v) is 2.67. The van der Waals surface area contributed by atoms with E-state index in [1.165, 1.54) is 0 Å². The normalized spacial score (nSPS) is 19.6. The first kappa shape index (κ1) is 12.6. The van der Waals surface area contributed by atoms with Crippen LogP contribution in [-0.2, 0) is 0 Å². The monoisotopic (exact) mass is 346 g/mol. The van der Waals surface area contributed by atoms with E-state index in [4.69, 9.17) is 5.73 Å². The molecule has 92 valence electrons. The summed E-state index contributed by atoms with van der Waals surface area (Å²) in [6.07, 6.45) is 1.94. The lowest BCUT2D eigenvalue weighted by molar-refractivity contribution is 0.0738. The summed E-state index contributed by atoms with van der Waals surface area (Å²) >= 11 is 2.13. The fourth-order valence-electron chi connectivity index (χ4n) is 2.18. The van der Waals surface area contributed by atoms with Crippen LogP contribution in [0.15, 0.2) is 18.2 Å². The molecular formula is C12H15IN2O2. The van der Waals surface area contributed by atoms with Crippen molar-refractivity contribution < 1.29 is 9.90 Å². The van der Waals surface area contributed by atoms with Crippen LogP contribution in [0.25, 0.3) is 0 Å². The molecule has 1 unspecified atom stereocenters. The number of carbonyl (C=O) groups excluding carboxylic acids is 1. The first-order valence-corrected chi connectivity index (χ1v) is 6.71. The average molecular weight is 346 g/mol. The van der Waals surface area contributed by atoms with Crippen molar-refractivity contribution in [2.75, 3.05) is 13.1 Å². The number of nitrogens with two attached hydrogens (primary N) is 1. The molecule has 1 atom stereocenters. The molecular weight excluding hydrogens is 331 g/mol. The van der Waals surface area contributed by atoms with Crippen molar-refractivity contribution in [3.8, 4) is 5.75 Å². The van der Waals surface area contributed by atoms with Gasteiger partial charge in [0.15, 0.2) is 0 Å². The summed E-state index contributed by atoms with van der Waals surface area (Å²) in [5, 5.41) is 9.74. The molecule has 0 aliphatic carbocycles. The summed E-state index contributed by atoms with van der Waals surface area (Å²) in [5.74, 6) is -0.0768. The van der Waals surface area contributed by atoms with Crippen molar-refractivity contribution in [3.05, 3.63) is 27.3 Å². The molecule has 3 N–H and O–H groups in total. The molecule has 5 heteroatoms. The molecule has 17 heavy (non-hydrogen) atoms. The van der Waals surface area contributed by atoms with Crippen LogP contribution in [0.5, 0.6) is 5.75 Å². The summed E-state index contributed by atoms with van der Waals surface area (Å²) in [6, 6.07) is 5.16. The summed E-state index contributed by atoms with van der Waals surface area (Å²) in [7, 11) is 0. The molecule has 1 fully saturated rings. The van der Waals surface area contributed by atoms with Gasteiger partial charge in [0, 0.05) is 22.7 Å². The Bertz CT molecular complexity index is 437. The molecule has 0 spiro atoms. The second kappa shape index (κ2) is 5.22. The molecule has 2 rings (SSSR count). The predicted octanol–water partition coefficient (Wildman–Crippen LogP) is 1.56. The van der Waals surface area contributed by atoms with Gasteiger partial charge in [-0.05, 0) is 53.6 Å². The summed E-state index contributed by atoms with van der Waals surface area (Å²) < 4.78 is 0.937. The third kappa shape index (κ3) is 2.55. The summed E-state index contributed by atoms with van der Waals surface area (Å²) in [5.41, 5.74) is 6.02. The number of phenolic OH excluding ortho intramolecular Hbond substituents is 1. The molecule has 1 aromatic rings. The Kier molecular flexibility index (Phi) is 3.88. The van der Waals surface area contributed by atoms with E-state index in [1.54, 1.807) is 23.1 Å². The maximum atomic E-state index is 12.3. The van der Waals surface area contributed by atoms with Crippen LogP contribution in [0, 0.1) is 3.57 Å². The van der Waals surface area contributed by atoms with E-state index in [2.05, 4.69) is 22.6 Å². The SMILES string of the molecule is NCC1CCCN1C(=O)c1cc(I)ccc1O. The minimum absolute atomic E-state index is 0.0399. The van der Waals surface area contributed by atoms with Crippen LogP contribution in [0.4, 0.5) is 0 Å². The highest BCUT2D eigenvalue weighted by atomic mass is 127. The summed E-state index contributed by atoms with van der Waals surface area (Å²) in [4.78, 5) is 14.1. The lowest BCUT2D eigenvalue weighted by Gasteiger charge is -2.23. The number of halogens is 1. The number of hydrogen-bond acceptors (Lipinski definition) is 3. The molecule has 0 radical (unpaired) electrons. The van der Waals surface area contributed by atoms with Crippen molar-refractivity contribution >= 4 is 28.5 Å². The Morgan fingerprint density at radius 3 is 3.06 bits per heavy atom. The van der Waals surface area contributed by atoms with Crippen LogP contribution in [0.3, 0.4) is 0 Å². The van der Waals surface area contributed by atoms with Gasteiger partial charge in [0.25, 0.3) is 5.91 Å². The second-order valence-electron chi connectivity index (χ2n) is 4.19. The molecule has 4 nitrogen and oxygen atoms in total. The zero-order valence-electron chi connectivity index (χ0n) is 9.40. The number of phenols is 1. The molecule has 0 aromatic heterocycles. The maximum absolute atomic E-state index is 12.3. The van der Waals surface area contributed by atoms with Gasteiger partial charge in [-0.1, -0.05) is 0 Å². The molecule has 1 saturated heterocycles. The first-order chi connectivity index (χ1) is 8.13. The van der Waals surface area contributed by atoms with Gasteiger partial charge in [-0.25, -0.2) is 0 Å². The number of nitrogens with zero attached hydrogens (tertiary/aromatic N) is 1. The van der Waals surface area contributed by atoms with E-state index in [1.807, 2.05) is 0 Å². The van der Waals surface area contributed by atoms with Crippen molar-refractivity contribution in [2.45, 2.75) is 18.9 Å². The zero-order valence-corrected chi connectivity index (χ0v) is 11.6. The van der Waals surface area contributed by atoms with Gasteiger partial charge in [-0.15, -0.1) is 0 Å². The van der Waals surface area contributed by atoms with E-state index < -0.39 is 0 Å². The molecule has 1 aliphatic heterocycles. The van der Waals surface area contributed by atoms with Gasteiger partial charge in [0.2, 0.25) is 0 Å². The Balaban J connectivity index is 2.27. The average Bonchev–Trinajstić information content (AvgIpc) is 2.79. The predicted molar refractivity (Wildman–Crippen MR) is 73.9 cm³/mol. The minimum Gasteiger partial charge on any atom is -0.507 e. The van der Waals surface area contributed by atoms with Crippen LogP contribution >= 0.6 is 22.6 Å². The van der Waals surface area contributed by atoms with E-state index in [0.717, 1.165) is 23.0 Å². The third-order valence-electron chi connectivity index (χ3n) is 3.10. The van der Waals surface area contributed by atoms with Crippen molar-refractivity contribution in [3.63, 3.8) is 0 Å². The van der Waals surface area contributed by atoms with Gasteiger partial charge >= 0.3 is 0 Å². The van der Waals surface area contributed by atoms with Crippen LogP contribution in [-0.4, -0.2) is 35.0 Å². The summed E-state index contributed by atoms with van der Waals surface area (Å²) in [6.45, 7) is 1.21. The quantitative estimate of drug-likeness (QED) is 0.799. The Hall–Kier alpha value is -0.820. The van der Waals surface area contributed by atoms with E-state index >= 15 is 0 Å². The lowest BCUT2D eigenvalue weighted by Crippen LogP contribution is -2.39. The maximum Gasteiger partial charge on any atom is 0.257 e. The van der Waals surface area contributed by atoms with E-state index in [-0.39, 0.29) is 17.7 Å². The minimum atomic E-state index is -0.117. The third-order valence-corrected chi connectivity index (χ3v) is 3.77. The molecule has 0 bridgehead atoms. The van der Waals surface area contributed by atoms with Crippen molar-refractivity contribution in [1.82, 2.24) is 4.90 Å². The number of aromatic hydroxyl groups is 1. The number of likely N-dealkylation sites (tertiary alicyclic amines) is 1. The molecule has 1 amide bonds. The van der Waals surface area contributed by atoms with Crippen molar-refractivity contribution in [1.29, 1.82) is 0 Å². The van der Waals surface area contributed by atoms with Crippen molar-refractivity contribution in [2.24, 2.45) is 5.73 Å². The number of rotatable bonds is 2. The van der Waals surface area contributed by atoms with Crippen LogP contribution < -0.4 is 5.73 Å². The Labute approximate surface area is 114 Å². The Morgan fingerprint density at radius 2 is 2.35 bits per heavy atom. The number of benzene rings is 1. The van der Waals surface area contributed by atoms with Crippen LogP contribution in [0.2, 0.25) is 0 Å². The van der Waals surface area contributed by atoms with E-state index in [9.17, 15) is 9.90 Å². The van der Waals surface area contributed by atoms with Gasteiger partial charge in [0.1, 0.15) is 5.75 Å².